The maximum absolute atomic E-state index is 12.5. The van der Waals surface area contributed by atoms with Crippen molar-refractivity contribution in [3.63, 3.8) is 0 Å². The number of hydrogen-bond acceptors (Lipinski definition) is 1. The van der Waals surface area contributed by atoms with E-state index in [4.69, 9.17) is 0 Å². The summed E-state index contributed by atoms with van der Waals surface area (Å²) in [6.07, 6.45) is 8.88. The Bertz CT molecular complexity index is 1050. The molecule has 1 saturated carbocycles. The number of rotatable bonds is 9. The van der Waals surface area contributed by atoms with E-state index in [0.29, 0.717) is 0 Å². The fourth-order valence-corrected chi connectivity index (χ4v) is 5.33. The van der Waals surface area contributed by atoms with Gasteiger partial charge >= 0.3 is 6.36 Å². The van der Waals surface area contributed by atoms with Crippen molar-refractivity contribution in [1.82, 2.24) is 0 Å². The molecule has 0 bridgehead atoms. The molecule has 34 heavy (non-hydrogen) atoms. The first-order valence-electron chi connectivity index (χ1n) is 12.8. The maximum atomic E-state index is 12.5. The number of fused-ring (bicyclic) bond motifs is 1. The first-order valence-corrected chi connectivity index (χ1v) is 12.8. The molecule has 3 aromatic carbocycles. The SMILES string of the molecule is CCCCC[C@H]1CC[C@H](CCc2ccc(-c3ccc4cc(OC(F)(F)F)ccc4c3)cc2)CC1. The molecule has 0 saturated heterocycles. The standard InChI is InChI=1S/C30H35F3O/c1-2-3-4-5-22-6-8-23(9-7-22)10-11-24-12-14-25(15-13-24)26-16-17-28-21-29(34-30(31,32)33)19-18-27(28)20-26/h12-23H,2-11H2,1H3/t22-,23-. The number of benzene rings is 3. The monoisotopic (exact) mass is 468 g/mol. The van der Waals surface area contributed by atoms with Gasteiger partial charge in [0, 0.05) is 0 Å². The number of unbranched alkanes of at least 4 members (excludes halogenated alkanes) is 2. The molecule has 0 atom stereocenters. The van der Waals surface area contributed by atoms with E-state index in [9.17, 15) is 13.2 Å². The number of halogens is 3. The van der Waals surface area contributed by atoms with E-state index in [0.717, 1.165) is 40.2 Å². The summed E-state index contributed by atoms with van der Waals surface area (Å²) >= 11 is 0. The van der Waals surface area contributed by atoms with Gasteiger partial charge in [0.05, 0.1) is 0 Å². The third-order valence-electron chi connectivity index (χ3n) is 7.36. The average Bonchev–Trinajstić information content (AvgIpc) is 2.83. The van der Waals surface area contributed by atoms with Crippen LogP contribution in [-0.2, 0) is 6.42 Å². The zero-order valence-electron chi connectivity index (χ0n) is 20.0. The summed E-state index contributed by atoms with van der Waals surface area (Å²) in [7, 11) is 0. The van der Waals surface area contributed by atoms with Crippen molar-refractivity contribution in [2.45, 2.75) is 77.5 Å². The van der Waals surface area contributed by atoms with E-state index >= 15 is 0 Å². The quantitative estimate of drug-likeness (QED) is 0.284. The second-order valence-electron chi connectivity index (χ2n) is 9.89. The fraction of sp³-hybridized carbons (Fsp3) is 0.467. The molecule has 1 aliphatic carbocycles. The second-order valence-corrected chi connectivity index (χ2v) is 9.89. The Hall–Kier alpha value is -2.49. The van der Waals surface area contributed by atoms with Gasteiger partial charge in [-0.15, -0.1) is 13.2 Å². The predicted octanol–water partition coefficient (Wildman–Crippen LogP) is 9.72. The Balaban J connectivity index is 1.30. The van der Waals surface area contributed by atoms with E-state index in [-0.39, 0.29) is 5.75 Å². The summed E-state index contributed by atoms with van der Waals surface area (Å²) in [6.45, 7) is 2.28. The van der Waals surface area contributed by atoms with E-state index in [1.165, 1.54) is 75.5 Å². The topological polar surface area (TPSA) is 9.23 Å². The van der Waals surface area contributed by atoms with Crippen molar-refractivity contribution in [2.24, 2.45) is 11.8 Å². The van der Waals surface area contributed by atoms with Gasteiger partial charge in [0.15, 0.2) is 0 Å². The molecule has 1 fully saturated rings. The van der Waals surface area contributed by atoms with Crippen LogP contribution in [0.4, 0.5) is 13.2 Å². The molecule has 0 amide bonds. The van der Waals surface area contributed by atoms with Crippen LogP contribution < -0.4 is 4.74 Å². The molecule has 0 unspecified atom stereocenters. The first-order chi connectivity index (χ1) is 16.4. The van der Waals surface area contributed by atoms with Gasteiger partial charge in [-0.1, -0.05) is 101 Å². The molecule has 0 aromatic heterocycles. The molecular weight excluding hydrogens is 433 g/mol. The van der Waals surface area contributed by atoms with Crippen LogP contribution in [0.5, 0.6) is 5.75 Å². The summed E-state index contributed by atoms with van der Waals surface area (Å²) < 4.78 is 41.4. The van der Waals surface area contributed by atoms with Crippen LogP contribution in [0.15, 0.2) is 60.7 Å². The summed E-state index contributed by atoms with van der Waals surface area (Å²) in [5, 5.41) is 1.61. The summed E-state index contributed by atoms with van der Waals surface area (Å²) in [6, 6.07) is 19.0. The van der Waals surface area contributed by atoms with Crippen LogP contribution in [0.1, 0.15) is 70.3 Å². The van der Waals surface area contributed by atoms with Crippen molar-refractivity contribution in [3.8, 4) is 16.9 Å². The zero-order valence-corrected chi connectivity index (χ0v) is 20.0. The van der Waals surface area contributed by atoms with Crippen LogP contribution >= 0.6 is 0 Å². The smallest absolute Gasteiger partial charge is 0.406 e. The number of aryl methyl sites for hydroxylation is 1. The van der Waals surface area contributed by atoms with Crippen molar-refractivity contribution in [1.29, 1.82) is 0 Å². The zero-order chi connectivity index (χ0) is 24.0. The molecule has 0 spiro atoms. The highest BCUT2D eigenvalue weighted by Gasteiger charge is 2.31. The lowest BCUT2D eigenvalue weighted by Gasteiger charge is -2.28. The lowest BCUT2D eigenvalue weighted by Crippen LogP contribution is -2.16. The third kappa shape index (κ3) is 7.01. The van der Waals surface area contributed by atoms with Crippen molar-refractivity contribution in [2.75, 3.05) is 0 Å². The lowest BCUT2D eigenvalue weighted by molar-refractivity contribution is -0.274. The third-order valence-corrected chi connectivity index (χ3v) is 7.36. The highest BCUT2D eigenvalue weighted by atomic mass is 19.4. The molecule has 1 nitrogen and oxygen atoms in total. The molecule has 182 valence electrons. The predicted molar refractivity (Wildman–Crippen MR) is 134 cm³/mol. The molecular formula is C30H35F3O. The van der Waals surface area contributed by atoms with Crippen molar-refractivity contribution < 1.29 is 17.9 Å². The van der Waals surface area contributed by atoms with E-state index in [2.05, 4.69) is 35.9 Å². The molecule has 0 N–H and O–H groups in total. The van der Waals surface area contributed by atoms with Crippen LogP contribution in [0.25, 0.3) is 21.9 Å². The Morgan fingerprint density at radius 3 is 2.03 bits per heavy atom. The van der Waals surface area contributed by atoms with Gasteiger partial charge in [-0.05, 0) is 70.3 Å². The van der Waals surface area contributed by atoms with Gasteiger partial charge in [-0.25, -0.2) is 0 Å². The molecule has 0 heterocycles. The second kappa shape index (κ2) is 11.3. The van der Waals surface area contributed by atoms with Gasteiger partial charge < -0.3 is 4.74 Å². The highest BCUT2D eigenvalue weighted by molar-refractivity contribution is 5.88. The van der Waals surface area contributed by atoms with Gasteiger partial charge in [0.25, 0.3) is 0 Å². The fourth-order valence-electron chi connectivity index (χ4n) is 5.33. The summed E-state index contributed by atoms with van der Waals surface area (Å²) in [5.74, 6) is 1.64. The van der Waals surface area contributed by atoms with E-state index in [1.54, 1.807) is 6.07 Å². The van der Waals surface area contributed by atoms with Gasteiger partial charge in [-0.2, -0.15) is 0 Å². The minimum atomic E-state index is -4.68. The van der Waals surface area contributed by atoms with Crippen molar-refractivity contribution in [3.05, 3.63) is 66.2 Å². The number of alkyl halides is 3. The molecule has 4 rings (SSSR count). The molecule has 4 heteroatoms. The molecule has 0 aliphatic heterocycles. The minimum Gasteiger partial charge on any atom is -0.406 e. The van der Waals surface area contributed by atoms with Gasteiger partial charge in [0.1, 0.15) is 5.75 Å². The Kier molecular flexibility index (Phi) is 8.18. The Labute approximate surface area is 201 Å². The van der Waals surface area contributed by atoms with Crippen LogP contribution in [-0.4, -0.2) is 6.36 Å². The lowest BCUT2D eigenvalue weighted by atomic mass is 9.78. The highest BCUT2D eigenvalue weighted by Crippen LogP contribution is 2.35. The van der Waals surface area contributed by atoms with Crippen LogP contribution in [0.3, 0.4) is 0 Å². The number of ether oxygens (including phenoxy) is 1. The Morgan fingerprint density at radius 1 is 0.735 bits per heavy atom. The van der Waals surface area contributed by atoms with Crippen LogP contribution in [0.2, 0.25) is 0 Å². The molecule has 1 aliphatic rings. The normalized spacial score (nSPS) is 18.8. The summed E-state index contributed by atoms with van der Waals surface area (Å²) in [5.41, 5.74) is 3.56. The minimum absolute atomic E-state index is 0.193. The number of hydrogen-bond donors (Lipinski definition) is 0. The molecule has 0 radical (unpaired) electrons. The largest absolute Gasteiger partial charge is 0.573 e. The first kappa shape index (κ1) is 24.6. The summed E-state index contributed by atoms with van der Waals surface area (Å²) in [4.78, 5) is 0. The maximum Gasteiger partial charge on any atom is 0.573 e. The molecule has 3 aromatic rings. The van der Waals surface area contributed by atoms with Crippen molar-refractivity contribution >= 4 is 10.8 Å². The van der Waals surface area contributed by atoms with Crippen LogP contribution in [0, 0.1) is 11.8 Å². The van der Waals surface area contributed by atoms with E-state index < -0.39 is 6.36 Å². The van der Waals surface area contributed by atoms with E-state index in [1.807, 2.05) is 18.2 Å². The Morgan fingerprint density at radius 2 is 1.35 bits per heavy atom. The average molecular weight is 469 g/mol. The van der Waals surface area contributed by atoms with Gasteiger partial charge in [-0.3, -0.25) is 0 Å². The van der Waals surface area contributed by atoms with Gasteiger partial charge in [0.2, 0.25) is 0 Å².